The van der Waals surface area contributed by atoms with Crippen molar-refractivity contribution in [3.63, 3.8) is 0 Å². The molecule has 1 aromatic heterocycles. The second-order valence-electron chi connectivity index (χ2n) is 8.46. The zero-order valence-corrected chi connectivity index (χ0v) is 18.5. The van der Waals surface area contributed by atoms with Gasteiger partial charge in [-0.25, -0.2) is 4.98 Å². The van der Waals surface area contributed by atoms with Gasteiger partial charge in [0.15, 0.2) is 0 Å². The van der Waals surface area contributed by atoms with E-state index in [1.807, 2.05) is 55.0 Å². The van der Waals surface area contributed by atoms with Crippen LogP contribution < -0.4 is 5.32 Å². The number of hydrogen-bond acceptors (Lipinski definition) is 3. The van der Waals surface area contributed by atoms with Crippen molar-refractivity contribution in [3.8, 4) is 0 Å². The van der Waals surface area contributed by atoms with E-state index in [0.717, 1.165) is 40.3 Å². The number of imidazole rings is 1. The summed E-state index contributed by atoms with van der Waals surface area (Å²) in [5, 5.41) is 3.39. The van der Waals surface area contributed by atoms with E-state index in [0.29, 0.717) is 17.7 Å². The molecule has 3 rings (SSSR count). The van der Waals surface area contributed by atoms with Gasteiger partial charge in [-0.1, -0.05) is 54.5 Å². The summed E-state index contributed by atoms with van der Waals surface area (Å²) < 4.78 is 13.6. The van der Waals surface area contributed by atoms with Crippen molar-refractivity contribution in [2.75, 3.05) is 23.7 Å². The Morgan fingerprint density at radius 3 is 2.43 bits per heavy atom. The van der Waals surface area contributed by atoms with E-state index in [9.17, 15) is 4.21 Å². The Balaban J connectivity index is 1.82. The van der Waals surface area contributed by atoms with Gasteiger partial charge in [-0.2, -0.15) is 0 Å². The van der Waals surface area contributed by atoms with Gasteiger partial charge in [-0.05, 0) is 55.2 Å². The molecular formula is C23H33N3OS. The van der Waals surface area contributed by atoms with Gasteiger partial charge in [0.05, 0.1) is 16.9 Å². The predicted octanol–water partition coefficient (Wildman–Crippen LogP) is 5.61. The minimum atomic E-state index is -2.96. The van der Waals surface area contributed by atoms with Crippen molar-refractivity contribution in [1.29, 1.82) is 0 Å². The van der Waals surface area contributed by atoms with Crippen LogP contribution in [0.5, 0.6) is 0 Å². The van der Waals surface area contributed by atoms with Crippen LogP contribution in [0.15, 0.2) is 53.4 Å². The molecule has 2 unspecified atom stereocenters. The van der Waals surface area contributed by atoms with Crippen LogP contribution in [0.4, 0.5) is 5.69 Å². The summed E-state index contributed by atoms with van der Waals surface area (Å²) in [7, 11) is -2.96. The van der Waals surface area contributed by atoms with Gasteiger partial charge in [-0.15, -0.1) is 0 Å². The molecule has 1 heterocycles. The van der Waals surface area contributed by atoms with Crippen LogP contribution in [0, 0.1) is 5.92 Å². The summed E-state index contributed by atoms with van der Waals surface area (Å²) >= 11 is 0. The van der Waals surface area contributed by atoms with Gasteiger partial charge < -0.3 is 10.3 Å². The summed E-state index contributed by atoms with van der Waals surface area (Å²) in [4.78, 5) is 9.23. The smallest absolute Gasteiger partial charge is 0.110 e. The van der Waals surface area contributed by atoms with Crippen molar-refractivity contribution in [1.82, 2.24) is 9.97 Å². The van der Waals surface area contributed by atoms with Crippen LogP contribution in [0.1, 0.15) is 45.4 Å². The Kier molecular flexibility index (Phi) is 5.67. The predicted molar refractivity (Wildman–Crippen MR) is 122 cm³/mol. The summed E-state index contributed by atoms with van der Waals surface area (Å²) in [6, 6.07) is 15.8. The summed E-state index contributed by atoms with van der Waals surface area (Å²) in [6.45, 7) is 6.74. The number of benzene rings is 2. The summed E-state index contributed by atoms with van der Waals surface area (Å²) in [6.07, 6.45) is 5.92. The van der Waals surface area contributed by atoms with Crippen LogP contribution in [-0.2, 0) is 9.07 Å². The molecule has 2 atom stereocenters. The normalized spacial score (nSPS) is 15.7. The lowest BCUT2D eigenvalue weighted by Crippen LogP contribution is -2.37. The molecule has 0 saturated heterocycles. The fourth-order valence-electron chi connectivity index (χ4n) is 3.69. The number of fused-ring (bicyclic) bond motifs is 1. The van der Waals surface area contributed by atoms with Crippen molar-refractivity contribution < 1.29 is 4.21 Å². The molecule has 2 N–H and O–H groups in total. The number of H-pyrrole nitrogens is 1. The van der Waals surface area contributed by atoms with E-state index < -0.39 is 9.07 Å². The number of aromatic nitrogens is 2. The molecule has 0 spiro atoms. The Hall–Kier alpha value is -2.14. The molecule has 0 aliphatic carbocycles. The molecule has 152 valence electrons. The monoisotopic (exact) mass is 399 g/mol. The molecular weight excluding hydrogens is 366 g/mol. The Morgan fingerprint density at radius 1 is 1.07 bits per heavy atom. The summed E-state index contributed by atoms with van der Waals surface area (Å²) in [5.41, 5.74) is 2.96. The lowest BCUT2D eigenvalue weighted by atomic mass is 9.89. The maximum atomic E-state index is 13.6. The van der Waals surface area contributed by atoms with Crippen LogP contribution in [0.3, 0.4) is 0 Å². The van der Waals surface area contributed by atoms with Gasteiger partial charge in [0.2, 0.25) is 0 Å². The van der Waals surface area contributed by atoms with Gasteiger partial charge >= 0.3 is 0 Å². The fourth-order valence-corrected chi connectivity index (χ4v) is 5.44. The SMILES string of the molecule is CCC(C)C(CC)c1nc2ccc(NCS(C)(C)(=O)c3ccccc3)cc2[nH]1. The molecule has 3 aromatic rings. The van der Waals surface area contributed by atoms with Crippen molar-refractivity contribution in [2.24, 2.45) is 5.92 Å². The third-order valence-corrected chi connectivity index (χ3v) is 8.52. The highest BCUT2D eigenvalue weighted by atomic mass is 32.3. The van der Waals surface area contributed by atoms with Crippen LogP contribution in [0.2, 0.25) is 0 Å². The maximum Gasteiger partial charge on any atom is 0.110 e. The Bertz CT molecular complexity index is 1000. The molecule has 0 aliphatic rings. The number of nitrogens with zero attached hydrogens (tertiary/aromatic N) is 1. The van der Waals surface area contributed by atoms with E-state index in [4.69, 9.17) is 4.98 Å². The first-order chi connectivity index (χ1) is 13.2. The standard InChI is InChI=1S/C23H33N3OS/c1-6-17(3)20(7-2)23-25-21-14-13-18(15-22(21)26-23)24-16-28(4,5,27)19-11-9-8-10-12-19/h8-15,17,20,24H,6-7,16H2,1-5H3,(H,25,26). The van der Waals surface area contributed by atoms with Gasteiger partial charge in [0.1, 0.15) is 5.82 Å². The van der Waals surface area contributed by atoms with Crippen molar-refractivity contribution >= 4 is 25.8 Å². The minimum Gasteiger partial charge on any atom is -0.375 e. The second kappa shape index (κ2) is 7.70. The van der Waals surface area contributed by atoms with Crippen LogP contribution in [-0.4, -0.2) is 32.6 Å². The zero-order valence-electron chi connectivity index (χ0n) is 17.7. The first kappa shape index (κ1) is 20.6. The fraction of sp³-hybridized carbons (Fsp3) is 0.435. The Labute approximate surface area is 168 Å². The van der Waals surface area contributed by atoms with E-state index in [2.05, 4.69) is 37.1 Å². The van der Waals surface area contributed by atoms with Gasteiger partial charge in [0, 0.05) is 16.5 Å². The quantitative estimate of drug-likeness (QED) is 0.517. The molecule has 0 amide bonds. The maximum absolute atomic E-state index is 13.6. The third kappa shape index (κ3) is 4.30. The van der Waals surface area contributed by atoms with Crippen molar-refractivity contribution in [2.45, 2.75) is 44.4 Å². The highest BCUT2D eigenvalue weighted by Gasteiger charge is 2.27. The van der Waals surface area contributed by atoms with Crippen LogP contribution in [0.25, 0.3) is 11.0 Å². The third-order valence-electron chi connectivity index (χ3n) is 5.80. The number of hydrogen-bond donors (Lipinski definition) is 2. The molecule has 0 radical (unpaired) electrons. The lowest BCUT2D eigenvalue weighted by Gasteiger charge is -2.34. The highest BCUT2D eigenvalue weighted by Crippen LogP contribution is 2.32. The molecule has 0 fully saturated rings. The Morgan fingerprint density at radius 2 is 1.79 bits per heavy atom. The van der Waals surface area contributed by atoms with Crippen LogP contribution >= 0.6 is 0 Å². The van der Waals surface area contributed by atoms with Gasteiger partial charge in [-0.3, -0.25) is 4.21 Å². The lowest BCUT2D eigenvalue weighted by molar-refractivity contribution is 0.421. The van der Waals surface area contributed by atoms with E-state index in [1.165, 1.54) is 0 Å². The number of rotatable bonds is 8. The average Bonchev–Trinajstić information content (AvgIpc) is 3.10. The molecule has 0 bridgehead atoms. The molecule has 0 aliphatic heterocycles. The van der Waals surface area contributed by atoms with Gasteiger partial charge in [0.25, 0.3) is 0 Å². The second-order valence-corrected chi connectivity index (χ2v) is 13.4. The van der Waals surface area contributed by atoms with Crippen molar-refractivity contribution in [3.05, 3.63) is 54.4 Å². The molecule has 0 saturated carbocycles. The topological polar surface area (TPSA) is 57.8 Å². The first-order valence-corrected chi connectivity index (χ1v) is 13.1. The number of aromatic amines is 1. The van der Waals surface area contributed by atoms with E-state index in [1.54, 1.807) is 0 Å². The number of nitrogens with one attached hydrogen (secondary N) is 2. The largest absolute Gasteiger partial charge is 0.375 e. The van der Waals surface area contributed by atoms with E-state index in [-0.39, 0.29) is 0 Å². The zero-order chi connectivity index (χ0) is 20.4. The number of anilines is 1. The minimum absolute atomic E-state index is 0.401. The molecule has 2 aromatic carbocycles. The highest BCUT2D eigenvalue weighted by molar-refractivity contribution is 8.18. The first-order valence-electron chi connectivity index (χ1n) is 10.1. The molecule has 28 heavy (non-hydrogen) atoms. The summed E-state index contributed by atoms with van der Waals surface area (Å²) in [5.74, 6) is 2.51. The van der Waals surface area contributed by atoms with E-state index >= 15 is 0 Å². The average molecular weight is 400 g/mol. The molecule has 5 heteroatoms. The molecule has 4 nitrogen and oxygen atoms in total.